The van der Waals surface area contributed by atoms with Crippen molar-refractivity contribution in [2.45, 2.75) is 18.9 Å². The van der Waals surface area contributed by atoms with Crippen molar-refractivity contribution in [3.05, 3.63) is 83.7 Å². The molecule has 2 aromatic carbocycles. The summed E-state index contributed by atoms with van der Waals surface area (Å²) in [5, 5.41) is 3.10. The number of para-hydroxylation sites is 1. The van der Waals surface area contributed by atoms with E-state index >= 15 is 0 Å². The van der Waals surface area contributed by atoms with Crippen molar-refractivity contribution < 1.29 is 27.5 Å². The second-order valence-corrected chi connectivity index (χ2v) is 9.29. The third-order valence-electron chi connectivity index (χ3n) is 5.59. The molecule has 8 nitrogen and oxygen atoms in total. The number of aliphatic imine (C=N–C) groups is 1. The number of amidine groups is 1. The van der Waals surface area contributed by atoms with Crippen LogP contribution in [0, 0.1) is 0 Å². The van der Waals surface area contributed by atoms with Crippen molar-refractivity contribution in [2.75, 3.05) is 0 Å². The van der Waals surface area contributed by atoms with Crippen LogP contribution in [0.4, 0.5) is 18.9 Å². The molecule has 0 unspecified atom stereocenters. The monoisotopic (exact) mass is 549 g/mol. The molecule has 0 saturated carbocycles. The summed E-state index contributed by atoms with van der Waals surface area (Å²) in [5.41, 5.74) is 1.85. The van der Waals surface area contributed by atoms with E-state index < -0.39 is 11.7 Å². The van der Waals surface area contributed by atoms with E-state index in [9.17, 15) is 22.8 Å². The molecule has 0 fully saturated rings. The molecule has 196 valence electrons. The summed E-state index contributed by atoms with van der Waals surface area (Å²) in [4.78, 5) is 40.6. The number of carbonyl (C=O) groups is 2. The molecule has 3 heterocycles. The van der Waals surface area contributed by atoms with Gasteiger partial charge >= 0.3 is 6.18 Å². The van der Waals surface area contributed by atoms with Crippen LogP contribution in [0.3, 0.4) is 0 Å². The molecule has 39 heavy (non-hydrogen) atoms. The summed E-state index contributed by atoms with van der Waals surface area (Å²) in [7, 11) is 0. The fourth-order valence-electron chi connectivity index (χ4n) is 3.78. The quantitative estimate of drug-likeness (QED) is 0.296. The Bertz CT molecular complexity index is 1610. The topological polar surface area (TPSA) is 106 Å². The highest BCUT2D eigenvalue weighted by Crippen LogP contribution is 2.40. The van der Waals surface area contributed by atoms with Gasteiger partial charge in [-0.05, 0) is 29.8 Å². The SMILES string of the molecule is CC(=O)NC1=Nc2c(cccc2Oc2cc(-c3ccc(C(F)(F)F)cc3)nc(-c3ccncc3C=O)n2)CS1. The van der Waals surface area contributed by atoms with E-state index in [0.29, 0.717) is 39.8 Å². The fourth-order valence-corrected chi connectivity index (χ4v) is 4.68. The number of pyridine rings is 1. The van der Waals surface area contributed by atoms with Gasteiger partial charge in [0.2, 0.25) is 11.8 Å². The zero-order valence-corrected chi connectivity index (χ0v) is 21.0. The van der Waals surface area contributed by atoms with Crippen molar-refractivity contribution in [2.24, 2.45) is 4.99 Å². The Labute approximate surface area is 224 Å². The molecule has 1 amide bonds. The number of aromatic nitrogens is 3. The number of amides is 1. The maximum absolute atomic E-state index is 13.1. The largest absolute Gasteiger partial charge is 0.437 e. The van der Waals surface area contributed by atoms with Crippen LogP contribution in [0.2, 0.25) is 0 Å². The molecular weight excluding hydrogens is 531 g/mol. The second-order valence-electron chi connectivity index (χ2n) is 8.32. The number of nitrogens with zero attached hydrogens (tertiary/aromatic N) is 4. The maximum Gasteiger partial charge on any atom is 0.416 e. The van der Waals surface area contributed by atoms with Gasteiger partial charge in [0.25, 0.3) is 0 Å². The molecule has 1 aliphatic rings. The van der Waals surface area contributed by atoms with Crippen LogP contribution >= 0.6 is 11.8 Å². The summed E-state index contributed by atoms with van der Waals surface area (Å²) in [6, 6.07) is 12.9. The molecule has 0 saturated heterocycles. The molecule has 12 heteroatoms. The molecule has 0 atom stereocenters. The number of fused-ring (bicyclic) bond motifs is 1. The molecule has 0 radical (unpaired) electrons. The summed E-state index contributed by atoms with van der Waals surface area (Å²) in [5.74, 6) is 0.843. The van der Waals surface area contributed by atoms with Crippen molar-refractivity contribution in [3.8, 4) is 34.3 Å². The summed E-state index contributed by atoms with van der Waals surface area (Å²) in [6.45, 7) is 1.39. The van der Waals surface area contributed by atoms with Gasteiger partial charge in [0, 0.05) is 47.8 Å². The number of alkyl halides is 3. The first-order valence-electron chi connectivity index (χ1n) is 11.5. The molecule has 1 N–H and O–H groups in total. The van der Waals surface area contributed by atoms with E-state index in [1.54, 1.807) is 18.2 Å². The molecule has 0 aliphatic carbocycles. The lowest BCUT2D eigenvalue weighted by molar-refractivity contribution is -0.137. The van der Waals surface area contributed by atoms with Crippen LogP contribution in [0.1, 0.15) is 28.4 Å². The predicted octanol–water partition coefficient (Wildman–Crippen LogP) is 6.20. The number of halogens is 3. The lowest BCUT2D eigenvalue weighted by Gasteiger charge is -2.18. The Kier molecular flexibility index (Phi) is 7.11. The lowest BCUT2D eigenvalue weighted by atomic mass is 10.1. The Morgan fingerprint density at radius 1 is 1.10 bits per heavy atom. The standard InChI is InChI=1S/C27H18F3N5O3S/c1-15(37)32-26-35-24-17(14-39-26)3-2-4-22(24)38-23-11-21(16-5-7-19(8-6-16)27(28,29)30)33-25(34-23)20-9-10-31-12-18(20)13-36/h2-13H,14H2,1H3,(H,32,35,37). The normalized spacial score (nSPS) is 12.8. The average Bonchev–Trinajstić information content (AvgIpc) is 2.92. The molecule has 2 aromatic heterocycles. The van der Waals surface area contributed by atoms with Gasteiger partial charge in [-0.3, -0.25) is 14.6 Å². The summed E-state index contributed by atoms with van der Waals surface area (Å²) in [6.07, 6.45) is -1.04. The minimum Gasteiger partial charge on any atom is -0.437 e. The molecule has 5 rings (SSSR count). The minimum absolute atomic E-state index is 0.0754. The van der Waals surface area contributed by atoms with E-state index in [2.05, 4.69) is 25.3 Å². The van der Waals surface area contributed by atoms with Gasteiger partial charge in [0.1, 0.15) is 5.69 Å². The number of aldehydes is 1. The molecule has 0 bridgehead atoms. The number of hydrogen-bond acceptors (Lipinski definition) is 8. The van der Waals surface area contributed by atoms with E-state index in [-0.39, 0.29) is 28.9 Å². The zero-order chi connectivity index (χ0) is 27.6. The summed E-state index contributed by atoms with van der Waals surface area (Å²) < 4.78 is 45.5. The first kappa shape index (κ1) is 26.0. The second kappa shape index (κ2) is 10.7. The van der Waals surface area contributed by atoms with E-state index in [0.717, 1.165) is 17.7 Å². The van der Waals surface area contributed by atoms with Crippen LogP contribution in [0.25, 0.3) is 22.6 Å². The number of hydrogen-bond donors (Lipinski definition) is 1. The first-order chi connectivity index (χ1) is 18.7. The van der Waals surface area contributed by atoms with Crippen molar-refractivity contribution >= 4 is 34.8 Å². The Balaban J connectivity index is 1.60. The molecule has 4 aromatic rings. The lowest BCUT2D eigenvalue weighted by Crippen LogP contribution is -2.26. The Morgan fingerprint density at radius 2 is 1.90 bits per heavy atom. The molecule has 0 spiro atoms. The van der Waals surface area contributed by atoms with Gasteiger partial charge < -0.3 is 10.1 Å². The Hall–Kier alpha value is -4.58. The van der Waals surface area contributed by atoms with Crippen LogP contribution in [0.5, 0.6) is 11.6 Å². The number of rotatable bonds is 5. The highest BCUT2D eigenvalue weighted by atomic mass is 32.2. The van der Waals surface area contributed by atoms with Crippen LogP contribution in [-0.2, 0) is 16.7 Å². The van der Waals surface area contributed by atoms with Crippen LogP contribution < -0.4 is 10.1 Å². The summed E-state index contributed by atoms with van der Waals surface area (Å²) >= 11 is 1.37. The van der Waals surface area contributed by atoms with E-state index in [4.69, 9.17) is 4.74 Å². The van der Waals surface area contributed by atoms with Gasteiger partial charge in [0.05, 0.1) is 11.3 Å². The van der Waals surface area contributed by atoms with Crippen LogP contribution in [-0.4, -0.2) is 32.3 Å². The fraction of sp³-hybridized carbons (Fsp3) is 0.111. The number of benzene rings is 2. The highest BCUT2D eigenvalue weighted by Gasteiger charge is 2.30. The van der Waals surface area contributed by atoms with Gasteiger partial charge in [-0.25, -0.2) is 9.98 Å². The number of carbonyl (C=O) groups excluding carboxylic acids is 2. The molecule has 1 aliphatic heterocycles. The van der Waals surface area contributed by atoms with Crippen molar-refractivity contribution in [1.82, 2.24) is 20.3 Å². The van der Waals surface area contributed by atoms with E-state index in [1.807, 2.05) is 6.07 Å². The van der Waals surface area contributed by atoms with Gasteiger partial charge in [0.15, 0.2) is 23.0 Å². The first-order valence-corrected chi connectivity index (χ1v) is 12.4. The number of thioether (sulfide) groups is 1. The highest BCUT2D eigenvalue weighted by molar-refractivity contribution is 8.13. The average molecular weight is 550 g/mol. The number of ether oxygens (including phenoxy) is 1. The number of nitrogens with one attached hydrogen (secondary N) is 1. The predicted molar refractivity (Wildman–Crippen MR) is 140 cm³/mol. The van der Waals surface area contributed by atoms with Gasteiger partial charge in [-0.1, -0.05) is 36.0 Å². The van der Waals surface area contributed by atoms with Crippen LogP contribution in [0.15, 0.2) is 72.0 Å². The van der Waals surface area contributed by atoms with Crippen molar-refractivity contribution in [3.63, 3.8) is 0 Å². The van der Waals surface area contributed by atoms with E-state index in [1.165, 1.54) is 49.3 Å². The maximum atomic E-state index is 13.1. The third-order valence-corrected chi connectivity index (χ3v) is 6.51. The molecular formula is C27H18F3N5O3S. The minimum atomic E-state index is -4.49. The van der Waals surface area contributed by atoms with Gasteiger partial charge in [-0.2, -0.15) is 18.2 Å². The Morgan fingerprint density at radius 3 is 2.62 bits per heavy atom. The third kappa shape index (κ3) is 5.80. The van der Waals surface area contributed by atoms with Gasteiger partial charge in [-0.15, -0.1) is 0 Å². The van der Waals surface area contributed by atoms with Crippen molar-refractivity contribution in [1.29, 1.82) is 0 Å². The zero-order valence-electron chi connectivity index (χ0n) is 20.2. The smallest absolute Gasteiger partial charge is 0.416 e.